The third-order valence-electron chi connectivity index (χ3n) is 4.53. The molecule has 20 heavy (non-hydrogen) atoms. The molecule has 0 saturated carbocycles. The number of hydrogen-bond acceptors (Lipinski definition) is 2. The van der Waals surface area contributed by atoms with E-state index in [2.05, 4.69) is 55.3 Å². The minimum Gasteiger partial charge on any atom is -0.313 e. The summed E-state index contributed by atoms with van der Waals surface area (Å²) in [5.41, 5.74) is 2.88. The maximum absolute atomic E-state index is 3.71. The second-order valence-corrected chi connectivity index (χ2v) is 6.18. The van der Waals surface area contributed by atoms with E-state index < -0.39 is 0 Å². The zero-order valence-electron chi connectivity index (χ0n) is 13.4. The summed E-state index contributed by atoms with van der Waals surface area (Å²) >= 11 is 0. The lowest BCUT2D eigenvalue weighted by Gasteiger charge is -2.29. The first-order valence-electron chi connectivity index (χ1n) is 8.28. The summed E-state index contributed by atoms with van der Waals surface area (Å²) < 4.78 is 0. The zero-order valence-corrected chi connectivity index (χ0v) is 13.4. The molecule has 2 nitrogen and oxygen atoms in total. The molecule has 2 atom stereocenters. The van der Waals surface area contributed by atoms with Gasteiger partial charge in [0.25, 0.3) is 0 Å². The van der Waals surface area contributed by atoms with Crippen LogP contribution in [-0.2, 0) is 13.0 Å². The molecule has 1 aliphatic heterocycles. The number of nitrogens with zero attached hydrogens (tertiary/aromatic N) is 1. The van der Waals surface area contributed by atoms with Gasteiger partial charge in [-0.15, -0.1) is 0 Å². The second kappa shape index (κ2) is 7.80. The van der Waals surface area contributed by atoms with Gasteiger partial charge in [-0.05, 0) is 43.9 Å². The van der Waals surface area contributed by atoms with Crippen molar-refractivity contribution in [2.45, 2.75) is 65.1 Å². The molecule has 1 aromatic carbocycles. The van der Waals surface area contributed by atoms with Crippen LogP contribution in [0.25, 0.3) is 0 Å². The van der Waals surface area contributed by atoms with E-state index in [-0.39, 0.29) is 0 Å². The van der Waals surface area contributed by atoms with Crippen molar-refractivity contribution in [3.05, 3.63) is 35.4 Å². The van der Waals surface area contributed by atoms with Crippen molar-refractivity contribution in [1.29, 1.82) is 0 Å². The predicted molar refractivity (Wildman–Crippen MR) is 87.0 cm³/mol. The molecule has 2 unspecified atom stereocenters. The van der Waals surface area contributed by atoms with Crippen LogP contribution < -0.4 is 5.32 Å². The molecule has 1 aromatic rings. The topological polar surface area (TPSA) is 15.3 Å². The molecule has 0 bridgehead atoms. The first-order valence-corrected chi connectivity index (χ1v) is 8.28. The molecule has 0 radical (unpaired) electrons. The van der Waals surface area contributed by atoms with E-state index in [1.165, 1.54) is 36.9 Å². The molecule has 0 spiro atoms. The van der Waals surface area contributed by atoms with E-state index in [1.807, 2.05) is 0 Å². The van der Waals surface area contributed by atoms with Crippen LogP contribution in [0.1, 0.15) is 51.2 Å². The maximum atomic E-state index is 3.71. The van der Waals surface area contributed by atoms with E-state index in [9.17, 15) is 0 Å². The molecule has 1 saturated heterocycles. The smallest absolute Gasteiger partial charge is 0.0237 e. The quantitative estimate of drug-likeness (QED) is 0.882. The van der Waals surface area contributed by atoms with Gasteiger partial charge in [0, 0.05) is 25.2 Å². The summed E-state index contributed by atoms with van der Waals surface area (Å²) in [5, 5.41) is 3.71. The molecule has 0 aromatic heterocycles. The molecule has 2 rings (SSSR count). The standard InChI is InChI=1S/C18H30N2/c1-4-6-18-14-20(15(3)11-12-19-18)13-17-9-7-16(5-2)8-10-17/h7-10,15,18-19H,4-6,11-14H2,1-3H3. The fourth-order valence-corrected chi connectivity index (χ4v) is 3.08. The van der Waals surface area contributed by atoms with Gasteiger partial charge in [0.15, 0.2) is 0 Å². The summed E-state index contributed by atoms with van der Waals surface area (Å²) in [5.74, 6) is 0. The van der Waals surface area contributed by atoms with Crippen LogP contribution in [0.3, 0.4) is 0 Å². The van der Waals surface area contributed by atoms with Gasteiger partial charge in [-0.3, -0.25) is 4.90 Å². The largest absolute Gasteiger partial charge is 0.313 e. The molecule has 112 valence electrons. The number of benzene rings is 1. The van der Waals surface area contributed by atoms with Crippen molar-refractivity contribution in [3.63, 3.8) is 0 Å². The Balaban J connectivity index is 1.99. The summed E-state index contributed by atoms with van der Waals surface area (Å²) in [7, 11) is 0. The number of rotatable bonds is 5. The van der Waals surface area contributed by atoms with Crippen LogP contribution in [0.2, 0.25) is 0 Å². The molecule has 1 fully saturated rings. The minimum atomic E-state index is 0.667. The highest BCUT2D eigenvalue weighted by Gasteiger charge is 2.22. The van der Waals surface area contributed by atoms with Crippen LogP contribution in [0.5, 0.6) is 0 Å². The SMILES string of the molecule is CCCC1CN(Cc2ccc(CC)cc2)C(C)CCN1. The van der Waals surface area contributed by atoms with Crippen LogP contribution in [0, 0.1) is 0 Å². The Bertz CT molecular complexity index is 385. The van der Waals surface area contributed by atoms with E-state index in [1.54, 1.807) is 0 Å². The summed E-state index contributed by atoms with van der Waals surface area (Å²) in [6, 6.07) is 10.5. The Morgan fingerprint density at radius 3 is 2.50 bits per heavy atom. The molecule has 0 amide bonds. The normalized spacial score (nSPS) is 24.6. The summed E-state index contributed by atoms with van der Waals surface area (Å²) in [6.45, 7) is 10.3. The molecule has 2 heteroatoms. The van der Waals surface area contributed by atoms with E-state index in [0.717, 1.165) is 19.5 Å². The maximum Gasteiger partial charge on any atom is 0.0237 e. The third-order valence-corrected chi connectivity index (χ3v) is 4.53. The van der Waals surface area contributed by atoms with Crippen molar-refractivity contribution in [1.82, 2.24) is 10.2 Å². The average Bonchev–Trinajstić information content (AvgIpc) is 2.63. The fraction of sp³-hybridized carbons (Fsp3) is 0.667. The highest BCUT2D eigenvalue weighted by molar-refractivity contribution is 5.22. The van der Waals surface area contributed by atoms with Gasteiger partial charge in [0.05, 0.1) is 0 Å². The Labute approximate surface area is 124 Å². The van der Waals surface area contributed by atoms with Crippen molar-refractivity contribution >= 4 is 0 Å². The van der Waals surface area contributed by atoms with Crippen molar-refractivity contribution in [3.8, 4) is 0 Å². The Morgan fingerprint density at radius 1 is 1.15 bits per heavy atom. The Hall–Kier alpha value is -0.860. The van der Waals surface area contributed by atoms with Gasteiger partial charge in [0.1, 0.15) is 0 Å². The molecule has 1 N–H and O–H groups in total. The lowest BCUT2D eigenvalue weighted by atomic mass is 10.1. The van der Waals surface area contributed by atoms with Crippen molar-refractivity contribution < 1.29 is 0 Å². The van der Waals surface area contributed by atoms with Gasteiger partial charge in [-0.25, -0.2) is 0 Å². The van der Waals surface area contributed by atoms with Crippen LogP contribution >= 0.6 is 0 Å². The fourth-order valence-electron chi connectivity index (χ4n) is 3.08. The average molecular weight is 274 g/mol. The van der Waals surface area contributed by atoms with Gasteiger partial charge < -0.3 is 5.32 Å². The monoisotopic (exact) mass is 274 g/mol. The third kappa shape index (κ3) is 4.32. The van der Waals surface area contributed by atoms with Crippen LogP contribution in [0.15, 0.2) is 24.3 Å². The molecule has 0 aliphatic carbocycles. The second-order valence-electron chi connectivity index (χ2n) is 6.18. The number of nitrogens with one attached hydrogen (secondary N) is 1. The molecule has 1 aliphatic rings. The van der Waals surface area contributed by atoms with E-state index in [0.29, 0.717) is 12.1 Å². The number of hydrogen-bond donors (Lipinski definition) is 1. The summed E-state index contributed by atoms with van der Waals surface area (Å²) in [6.07, 6.45) is 4.94. The molecular formula is C18H30N2. The highest BCUT2D eigenvalue weighted by Crippen LogP contribution is 2.16. The van der Waals surface area contributed by atoms with Crippen LogP contribution in [-0.4, -0.2) is 30.1 Å². The molecular weight excluding hydrogens is 244 g/mol. The van der Waals surface area contributed by atoms with E-state index in [4.69, 9.17) is 0 Å². The van der Waals surface area contributed by atoms with Gasteiger partial charge in [0.2, 0.25) is 0 Å². The van der Waals surface area contributed by atoms with Crippen molar-refractivity contribution in [2.75, 3.05) is 13.1 Å². The summed E-state index contributed by atoms with van der Waals surface area (Å²) in [4.78, 5) is 2.65. The first kappa shape index (κ1) is 15.5. The van der Waals surface area contributed by atoms with E-state index >= 15 is 0 Å². The minimum absolute atomic E-state index is 0.667. The molecule has 1 heterocycles. The number of aryl methyl sites for hydroxylation is 1. The Morgan fingerprint density at radius 2 is 1.85 bits per heavy atom. The lowest BCUT2D eigenvalue weighted by Crippen LogP contribution is -2.39. The lowest BCUT2D eigenvalue weighted by molar-refractivity contribution is 0.193. The van der Waals surface area contributed by atoms with Crippen molar-refractivity contribution in [2.24, 2.45) is 0 Å². The predicted octanol–water partition coefficient (Wildman–Crippen LogP) is 3.60. The van der Waals surface area contributed by atoms with Crippen LogP contribution in [0.4, 0.5) is 0 Å². The zero-order chi connectivity index (χ0) is 14.4. The first-order chi connectivity index (χ1) is 9.72. The van der Waals surface area contributed by atoms with Gasteiger partial charge >= 0.3 is 0 Å². The Kier molecular flexibility index (Phi) is 6.06. The van der Waals surface area contributed by atoms with Gasteiger partial charge in [-0.1, -0.05) is 44.5 Å². The highest BCUT2D eigenvalue weighted by atomic mass is 15.2. The van der Waals surface area contributed by atoms with Gasteiger partial charge in [-0.2, -0.15) is 0 Å².